The molecule has 0 saturated carbocycles. The maximum atomic E-state index is 13.5. The van der Waals surface area contributed by atoms with E-state index in [0.717, 1.165) is 33.7 Å². The number of hydrogen-bond acceptors (Lipinski definition) is 7. The topological polar surface area (TPSA) is 84.6 Å². The molecule has 0 radical (unpaired) electrons. The van der Waals surface area contributed by atoms with Crippen LogP contribution in [0.2, 0.25) is 0 Å². The summed E-state index contributed by atoms with van der Waals surface area (Å²) in [5.74, 6) is 0.994. The van der Waals surface area contributed by atoms with E-state index in [1.165, 1.54) is 12.0 Å². The molecular formula is C25H24N2O4S. The van der Waals surface area contributed by atoms with E-state index in [0.29, 0.717) is 24.5 Å². The van der Waals surface area contributed by atoms with Crippen LogP contribution in [0.5, 0.6) is 11.5 Å². The fraction of sp³-hybridized carbons (Fsp3) is 0.280. The Bertz CT molecular complexity index is 1230. The van der Waals surface area contributed by atoms with Crippen LogP contribution in [0, 0.1) is 6.92 Å². The van der Waals surface area contributed by atoms with Crippen molar-refractivity contribution < 1.29 is 19.2 Å². The molecular weight excluding hydrogens is 424 g/mol. The number of ketones is 1. The third-order valence-corrected chi connectivity index (χ3v) is 7.13. The number of ether oxygens (including phenoxy) is 1. The van der Waals surface area contributed by atoms with Gasteiger partial charge in [-0.2, -0.15) is 0 Å². The van der Waals surface area contributed by atoms with Crippen LogP contribution in [-0.2, 0) is 4.79 Å². The van der Waals surface area contributed by atoms with Crippen LogP contribution >= 0.6 is 11.8 Å². The minimum Gasteiger partial charge on any atom is -0.504 e. The fourth-order valence-corrected chi connectivity index (χ4v) is 5.19. The highest BCUT2D eigenvalue weighted by molar-refractivity contribution is 7.98. The first-order valence-corrected chi connectivity index (χ1v) is 11.7. The Hall–Kier alpha value is -3.19. The van der Waals surface area contributed by atoms with Gasteiger partial charge in [-0.1, -0.05) is 23.4 Å². The number of carbonyl (C=O) groups is 1. The molecule has 0 bridgehead atoms. The number of thioether (sulfide) groups is 1. The lowest BCUT2D eigenvalue weighted by Crippen LogP contribution is -2.29. The second kappa shape index (κ2) is 8.06. The summed E-state index contributed by atoms with van der Waals surface area (Å²) in [6.07, 6.45) is 3.10. The number of aromatic hydroxyl groups is 1. The van der Waals surface area contributed by atoms with E-state index >= 15 is 0 Å². The number of fused-ring (bicyclic) bond motifs is 1. The number of nitrogens with zero attached hydrogens (tertiary/aromatic N) is 1. The van der Waals surface area contributed by atoms with Crippen molar-refractivity contribution in [3.05, 3.63) is 76.1 Å². The maximum Gasteiger partial charge on any atom is 0.233 e. The standard InChI is InChI=1S/C25H24N2O4S/c1-13-22-23(14-4-7-17(32-3)8-5-14)24-18(26-25(22)31-27-13)10-16(11-20(24)29)15-6-9-19(28)21(12-15)30-2/h4-9,12,16,23,26,28H,10-11H2,1-3H3/t16-,23+/m1/s1. The number of carbonyl (C=O) groups excluding carboxylic acids is 1. The van der Waals surface area contributed by atoms with E-state index in [1.54, 1.807) is 17.8 Å². The number of nitrogens with one attached hydrogen (secondary N) is 1. The summed E-state index contributed by atoms with van der Waals surface area (Å²) >= 11 is 1.69. The lowest BCUT2D eigenvalue weighted by Gasteiger charge is -2.34. The summed E-state index contributed by atoms with van der Waals surface area (Å²) in [7, 11) is 1.52. The van der Waals surface area contributed by atoms with Crippen molar-refractivity contribution in [2.75, 3.05) is 18.7 Å². The van der Waals surface area contributed by atoms with Gasteiger partial charge in [0.15, 0.2) is 17.3 Å². The Morgan fingerprint density at radius 3 is 2.62 bits per heavy atom. The molecule has 0 fully saturated rings. The molecule has 2 aliphatic rings. The molecule has 2 heterocycles. The molecule has 1 aromatic heterocycles. The zero-order valence-electron chi connectivity index (χ0n) is 18.1. The largest absolute Gasteiger partial charge is 0.504 e. The molecule has 2 aromatic carbocycles. The Labute approximate surface area is 190 Å². The molecule has 2 atom stereocenters. The Morgan fingerprint density at radius 1 is 1.16 bits per heavy atom. The van der Waals surface area contributed by atoms with E-state index in [1.807, 2.05) is 25.3 Å². The third kappa shape index (κ3) is 3.37. The first-order chi connectivity index (χ1) is 15.5. The summed E-state index contributed by atoms with van der Waals surface area (Å²) in [6.45, 7) is 1.91. The molecule has 5 rings (SSSR count). The van der Waals surface area contributed by atoms with Gasteiger partial charge in [-0.05, 0) is 60.9 Å². The lowest BCUT2D eigenvalue weighted by molar-refractivity contribution is -0.116. The zero-order chi connectivity index (χ0) is 22.4. The van der Waals surface area contributed by atoms with Gasteiger partial charge in [-0.15, -0.1) is 11.8 Å². The molecule has 1 aliphatic carbocycles. The molecule has 32 heavy (non-hydrogen) atoms. The van der Waals surface area contributed by atoms with Gasteiger partial charge in [0.2, 0.25) is 5.88 Å². The van der Waals surface area contributed by atoms with Crippen molar-refractivity contribution in [2.45, 2.75) is 36.5 Å². The van der Waals surface area contributed by atoms with Crippen LogP contribution in [0.15, 0.2) is 63.2 Å². The van der Waals surface area contributed by atoms with E-state index in [4.69, 9.17) is 9.26 Å². The minimum absolute atomic E-state index is 0.0201. The van der Waals surface area contributed by atoms with Crippen molar-refractivity contribution >= 4 is 23.4 Å². The van der Waals surface area contributed by atoms with Gasteiger partial charge in [0.1, 0.15) is 0 Å². The first-order valence-electron chi connectivity index (χ1n) is 10.5. The van der Waals surface area contributed by atoms with Gasteiger partial charge >= 0.3 is 0 Å². The SMILES string of the molecule is COc1cc([C@H]2CC(=O)C3=C(C2)Nc2onc(C)c2[C@@H]3c2ccc(SC)cc2)ccc1O. The number of anilines is 1. The molecule has 0 saturated heterocycles. The number of phenolic OH excluding ortho intramolecular Hbond substituents is 1. The zero-order valence-corrected chi connectivity index (χ0v) is 19.0. The minimum atomic E-state index is -0.203. The molecule has 0 spiro atoms. The van der Waals surface area contributed by atoms with Crippen molar-refractivity contribution in [1.82, 2.24) is 5.16 Å². The molecule has 164 valence electrons. The number of benzene rings is 2. The predicted octanol–water partition coefficient (Wildman–Crippen LogP) is 5.38. The number of aromatic nitrogens is 1. The van der Waals surface area contributed by atoms with Crippen LogP contribution < -0.4 is 10.1 Å². The van der Waals surface area contributed by atoms with E-state index < -0.39 is 0 Å². The number of methoxy groups -OCH3 is 1. The quantitative estimate of drug-likeness (QED) is 0.519. The van der Waals surface area contributed by atoms with Crippen molar-refractivity contribution in [3.8, 4) is 11.5 Å². The number of phenols is 1. The number of hydrogen-bond donors (Lipinski definition) is 2. The van der Waals surface area contributed by atoms with Crippen molar-refractivity contribution in [3.63, 3.8) is 0 Å². The van der Waals surface area contributed by atoms with Gasteiger partial charge in [0.05, 0.1) is 18.4 Å². The number of Topliss-reactive ketones (excluding diaryl/α,β-unsaturated/α-hetero) is 1. The highest BCUT2D eigenvalue weighted by atomic mass is 32.2. The van der Waals surface area contributed by atoms with E-state index in [9.17, 15) is 9.90 Å². The summed E-state index contributed by atoms with van der Waals surface area (Å²) in [6, 6.07) is 13.6. The second-order valence-electron chi connectivity index (χ2n) is 8.19. The Kier molecular flexibility index (Phi) is 5.21. The molecule has 2 N–H and O–H groups in total. The van der Waals surface area contributed by atoms with Gasteiger partial charge in [-0.25, -0.2) is 0 Å². The van der Waals surface area contributed by atoms with Gasteiger partial charge in [-0.3, -0.25) is 4.79 Å². The second-order valence-corrected chi connectivity index (χ2v) is 9.07. The fourth-order valence-electron chi connectivity index (χ4n) is 4.79. The lowest BCUT2D eigenvalue weighted by atomic mass is 9.72. The van der Waals surface area contributed by atoms with Crippen molar-refractivity contribution in [1.29, 1.82) is 0 Å². The third-order valence-electron chi connectivity index (χ3n) is 6.38. The predicted molar refractivity (Wildman–Crippen MR) is 124 cm³/mol. The normalized spacial score (nSPS) is 19.9. The Morgan fingerprint density at radius 2 is 1.91 bits per heavy atom. The average Bonchev–Trinajstić information content (AvgIpc) is 3.18. The van der Waals surface area contributed by atoms with Crippen LogP contribution in [-0.4, -0.2) is 29.4 Å². The smallest absolute Gasteiger partial charge is 0.233 e. The molecule has 6 nitrogen and oxygen atoms in total. The highest BCUT2D eigenvalue weighted by Crippen LogP contribution is 2.49. The Balaban J connectivity index is 1.58. The summed E-state index contributed by atoms with van der Waals surface area (Å²) in [4.78, 5) is 14.7. The van der Waals surface area contributed by atoms with Crippen LogP contribution in [0.3, 0.4) is 0 Å². The molecule has 0 amide bonds. The number of allylic oxidation sites excluding steroid dienone is 2. The maximum absolute atomic E-state index is 13.5. The number of aryl methyl sites for hydroxylation is 1. The highest BCUT2D eigenvalue weighted by Gasteiger charge is 2.41. The van der Waals surface area contributed by atoms with Gasteiger partial charge < -0.3 is 19.7 Å². The molecule has 1 aliphatic heterocycles. The molecule has 3 aromatic rings. The molecule has 7 heteroatoms. The summed E-state index contributed by atoms with van der Waals surface area (Å²) in [5, 5.41) is 17.5. The van der Waals surface area contributed by atoms with Gasteiger partial charge in [0.25, 0.3) is 0 Å². The summed E-state index contributed by atoms with van der Waals surface area (Å²) < 4.78 is 10.9. The average molecular weight is 449 g/mol. The van der Waals surface area contributed by atoms with Crippen LogP contribution in [0.4, 0.5) is 5.88 Å². The van der Waals surface area contributed by atoms with E-state index in [2.05, 4.69) is 34.7 Å². The van der Waals surface area contributed by atoms with Crippen molar-refractivity contribution in [2.24, 2.45) is 0 Å². The summed E-state index contributed by atoms with van der Waals surface area (Å²) in [5.41, 5.74) is 5.41. The van der Waals surface area contributed by atoms with Crippen LogP contribution in [0.1, 0.15) is 47.1 Å². The monoisotopic (exact) mass is 448 g/mol. The van der Waals surface area contributed by atoms with Crippen LogP contribution in [0.25, 0.3) is 0 Å². The molecule has 0 unspecified atom stereocenters. The first kappa shape index (κ1) is 20.7. The number of rotatable bonds is 4. The van der Waals surface area contributed by atoms with Gasteiger partial charge in [0, 0.05) is 28.5 Å². The van der Waals surface area contributed by atoms with E-state index in [-0.39, 0.29) is 23.4 Å².